The van der Waals surface area contributed by atoms with E-state index in [1.165, 1.54) is 0 Å². The van der Waals surface area contributed by atoms with Gasteiger partial charge in [-0.15, -0.1) is 0 Å². The maximum atomic E-state index is 9.58. The van der Waals surface area contributed by atoms with Crippen molar-refractivity contribution in [1.29, 1.82) is 0 Å². The Morgan fingerprint density at radius 2 is 1.92 bits per heavy atom. The highest BCUT2D eigenvalue weighted by Crippen LogP contribution is 2.11. The molecular weight excluding hydrogens is 166 g/mol. The SMILES string of the molecule is CCCCN(C)[C@@H](O)OC(C)(C)C. The van der Waals surface area contributed by atoms with Crippen molar-refractivity contribution >= 4 is 0 Å². The van der Waals surface area contributed by atoms with E-state index in [1.54, 1.807) is 0 Å². The van der Waals surface area contributed by atoms with Gasteiger partial charge in [-0.1, -0.05) is 13.3 Å². The summed E-state index contributed by atoms with van der Waals surface area (Å²) < 4.78 is 5.38. The highest BCUT2D eigenvalue weighted by molar-refractivity contribution is 4.60. The normalized spacial score (nSPS) is 15.0. The molecule has 3 heteroatoms. The summed E-state index contributed by atoms with van der Waals surface area (Å²) in [5, 5.41) is 9.58. The van der Waals surface area contributed by atoms with Crippen molar-refractivity contribution in [3.8, 4) is 0 Å². The predicted molar refractivity (Wildman–Crippen MR) is 54.4 cm³/mol. The summed E-state index contributed by atoms with van der Waals surface area (Å²) in [4.78, 5) is 1.81. The minimum absolute atomic E-state index is 0.292. The van der Waals surface area contributed by atoms with Crippen LogP contribution in [0.5, 0.6) is 0 Å². The van der Waals surface area contributed by atoms with E-state index in [2.05, 4.69) is 6.92 Å². The van der Waals surface area contributed by atoms with Gasteiger partial charge in [-0.25, -0.2) is 0 Å². The Labute approximate surface area is 81.7 Å². The number of rotatable bonds is 5. The molecule has 0 aliphatic rings. The van der Waals surface area contributed by atoms with E-state index in [1.807, 2.05) is 32.7 Å². The summed E-state index contributed by atoms with van der Waals surface area (Å²) in [6.45, 7) is 8.80. The first-order valence-corrected chi connectivity index (χ1v) is 4.93. The molecule has 0 aliphatic carbocycles. The molecule has 0 spiro atoms. The number of hydrogen-bond acceptors (Lipinski definition) is 3. The summed E-state index contributed by atoms with van der Waals surface area (Å²) in [7, 11) is 1.87. The zero-order chi connectivity index (χ0) is 10.5. The summed E-state index contributed by atoms with van der Waals surface area (Å²) in [5.74, 6) is 0. The standard InChI is InChI=1S/C10H23NO2/c1-6-7-8-11(5)9(12)13-10(2,3)4/h9,12H,6-8H2,1-5H3/t9-/m0/s1. The van der Waals surface area contributed by atoms with Gasteiger partial charge in [0.2, 0.25) is 6.41 Å². The summed E-state index contributed by atoms with van der Waals surface area (Å²) in [6, 6.07) is 0. The van der Waals surface area contributed by atoms with Crippen LogP contribution in [0.4, 0.5) is 0 Å². The van der Waals surface area contributed by atoms with Crippen molar-refractivity contribution in [2.24, 2.45) is 0 Å². The molecule has 0 fully saturated rings. The van der Waals surface area contributed by atoms with Crippen molar-refractivity contribution in [2.45, 2.75) is 52.6 Å². The molecule has 0 aromatic rings. The van der Waals surface area contributed by atoms with Crippen LogP contribution in [0.25, 0.3) is 0 Å². The second kappa shape index (κ2) is 5.58. The van der Waals surface area contributed by atoms with E-state index in [4.69, 9.17) is 4.74 Å². The number of nitrogens with zero attached hydrogens (tertiary/aromatic N) is 1. The lowest BCUT2D eigenvalue weighted by Crippen LogP contribution is -2.39. The maximum absolute atomic E-state index is 9.58. The maximum Gasteiger partial charge on any atom is 0.216 e. The Morgan fingerprint density at radius 3 is 2.31 bits per heavy atom. The molecule has 0 amide bonds. The van der Waals surface area contributed by atoms with Gasteiger partial charge < -0.3 is 9.84 Å². The first-order valence-electron chi connectivity index (χ1n) is 4.93. The van der Waals surface area contributed by atoms with Crippen molar-refractivity contribution in [3.05, 3.63) is 0 Å². The van der Waals surface area contributed by atoms with E-state index < -0.39 is 6.41 Å². The molecule has 3 nitrogen and oxygen atoms in total. The van der Waals surface area contributed by atoms with Gasteiger partial charge in [0.05, 0.1) is 5.60 Å². The minimum atomic E-state index is -0.786. The van der Waals surface area contributed by atoms with Gasteiger partial charge in [-0.3, -0.25) is 4.90 Å². The third kappa shape index (κ3) is 6.99. The monoisotopic (exact) mass is 189 g/mol. The first kappa shape index (κ1) is 12.9. The van der Waals surface area contributed by atoms with Crippen LogP contribution in [-0.4, -0.2) is 35.6 Å². The largest absolute Gasteiger partial charge is 0.356 e. The van der Waals surface area contributed by atoms with Crippen molar-refractivity contribution in [3.63, 3.8) is 0 Å². The van der Waals surface area contributed by atoms with Gasteiger partial charge >= 0.3 is 0 Å². The molecule has 0 bridgehead atoms. The third-order valence-electron chi connectivity index (χ3n) is 1.70. The fraction of sp³-hybridized carbons (Fsp3) is 1.00. The molecule has 13 heavy (non-hydrogen) atoms. The van der Waals surface area contributed by atoms with Crippen LogP contribution >= 0.6 is 0 Å². The lowest BCUT2D eigenvalue weighted by molar-refractivity contribution is -0.232. The molecule has 1 atom stereocenters. The molecule has 0 unspecified atom stereocenters. The Hall–Kier alpha value is -0.120. The lowest BCUT2D eigenvalue weighted by atomic mass is 10.2. The molecule has 0 heterocycles. The molecule has 0 aromatic heterocycles. The van der Waals surface area contributed by atoms with E-state index in [0.29, 0.717) is 0 Å². The van der Waals surface area contributed by atoms with Crippen LogP contribution in [0.2, 0.25) is 0 Å². The molecule has 0 radical (unpaired) electrons. The van der Waals surface area contributed by atoms with Gasteiger partial charge in [0.25, 0.3) is 0 Å². The van der Waals surface area contributed by atoms with E-state index >= 15 is 0 Å². The van der Waals surface area contributed by atoms with Gasteiger partial charge in [-0.05, 0) is 34.2 Å². The number of hydrogen-bond donors (Lipinski definition) is 1. The highest BCUT2D eigenvalue weighted by Gasteiger charge is 2.19. The third-order valence-corrected chi connectivity index (χ3v) is 1.70. The fourth-order valence-electron chi connectivity index (χ4n) is 0.924. The number of unbranched alkanes of at least 4 members (excludes halogenated alkanes) is 1. The van der Waals surface area contributed by atoms with Gasteiger partial charge in [0.1, 0.15) is 0 Å². The average molecular weight is 189 g/mol. The second-order valence-electron chi connectivity index (χ2n) is 4.39. The van der Waals surface area contributed by atoms with Crippen molar-refractivity contribution in [2.75, 3.05) is 13.6 Å². The molecule has 0 rings (SSSR count). The van der Waals surface area contributed by atoms with Crippen LogP contribution in [0.15, 0.2) is 0 Å². The van der Waals surface area contributed by atoms with Crippen LogP contribution < -0.4 is 0 Å². The number of aliphatic hydroxyl groups excluding tert-OH is 1. The van der Waals surface area contributed by atoms with Crippen molar-refractivity contribution in [1.82, 2.24) is 4.90 Å². The highest BCUT2D eigenvalue weighted by atomic mass is 16.6. The summed E-state index contributed by atoms with van der Waals surface area (Å²) in [5.41, 5.74) is -0.292. The zero-order valence-corrected chi connectivity index (χ0v) is 9.50. The minimum Gasteiger partial charge on any atom is -0.356 e. The van der Waals surface area contributed by atoms with Crippen LogP contribution in [0, 0.1) is 0 Å². The Balaban J connectivity index is 3.75. The van der Waals surface area contributed by atoms with Gasteiger partial charge in [0.15, 0.2) is 0 Å². The average Bonchev–Trinajstić information content (AvgIpc) is 1.96. The molecular formula is C10H23NO2. The molecule has 0 saturated heterocycles. The van der Waals surface area contributed by atoms with E-state index in [0.717, 1.165) is 19.4 Å². The zero-order valence-electron chi connectivity index (χ0n) is 9.50. The Bertz CT molecular complexity index is 131. The second-order valence-corrected chi connectivity index (χ2v) is 4.39. The van der Waals surface area contributed by atoms with Crippen molar-refractivity contribution < 1.29 is 9.84 Å². The molecule has 80 valence electrons. The number of ether oxygens (including phenoxy) is 1. The topological polar surface area (TPSA) is 32.7 Å². The summed E-state index contributed by atoms with van der Waals surface area (Å²) >= 11 is 0. The molecule has 1 N–H and O–H groups in total. The Kier molecular flexibility index (Phi) is 5.53. The van der Waals surface area contributed by atoms with E-state index in [-0.39, 0.29) is 5.60 Å². The number of aliphatic hydroxyl groups is 1. The lowest BCUT2D eigenvalue weighted by Gasteiger charge is -2.29. The molecule has 0 aliphatic heterocycles. The Morgan fingerprint density at radius 1 is 1.38 bits per heavy atom. The first-order chi connectivity index (χ1) is 5.87. The van der Waals surface area contributed by atoms with Crippen LogP contribution in [0.1, 0.15) is 40.5 Å². The molecule has 0 aromatic carbocycles. The smallest absolute Gasteiger partial charge is 0.216 e. The van der Waals surface area contributed by atoms with Crippen LogP contribution in [-0.2, 0) is 4.74 Å². The fourth-order valence-corrected chi connectivity index (χ4v) is 0.924. The van der Waals surface area contributed by atoms with Gasteiger partial charge in [0, 0.05) is 6.54 Å². The van der Waals surface area contributed by atoms with Gasteiger partial charge in [-0.2, -0.15) is 0 Å². The van der Waals surface area contributed by atoms with Crippen LogP contribution in [0.3, 0.4) is 0 Å². The predicted octanol–water partition coefficient (Wildman–Crippen LogP) is 1.81. The van der Waals surface area contributed by atoms with E-state index in [9.17, 15) is 5.11 Å². The molecule has 0 saturated carbocycles. The quantitative estimate of drug-likeness (QED) is 0.669. The summed E-state index contributed by atoms with van der Waals surface area (Å²) in [6.07, 6.45) is 1.43.